The molecule has 0 aliphatic carbocycles. The first-order valence-electron chi connectivity index (χ1n) is 11.9. The Morgan fingerprint density at radius 1 is 1.16 bits per heavy atom. The lowest BCUT2D eigenvalue weighted by Crippen LogP contribution is -2.49. The highest BCUT2D eigenvalue weighted by molar-refractivity contribution is 6.32. The lowest BCUT2D eigenvalue weighted by atomic mass is 10.0. The van der Waals surface area contributed by atoms with Gasteiger partial charge in [0.1, 0.15) is 11.6 Å². The number of hydrogen-bond acceptors (Lipinski definition) is 5. The number of likely N-dealkylation sites (N-methyl/N-ethyl adjacent to an activating group) is 1. The van der Waals surface area contributed by atoms with Crippen molar-refractivity contribution in [2.24, 2.45) is 10.9 Å². The zero-order valence-corrected chi connectivity index (χ0v) is 21.5. The molecular formula is C28H26ClF2N3O4. The lowest BCUT2D eigenvalue weighted by Gasteiger charge is -2.23. The molecule has 10 heteroatoms. The van der Waals surface area contributed by atoms with E-state index < -0.39 is 41.6 Å². The van der Waals surface area contributed by atoms with Crippen molar-refractivity contribution >= 4 is 34.8 Å². The molecule has 2 amide bonds. The maximum Gasteiger partial charge on any atom is 0.272 e. The number of carbonyl (C=O) groups excluding carboxylic acids is 2. The molecule has 1 aliphatic heterocycles. The molecule has 0 bridgehead atoms. The molecule has 3 atom stereocenters. The van der Waals surface area contributed by atoms with Crippen LogP contribution in [0.1, 0.15) is 23.6 Å². The normalized spacial score (nSPS) is 16.8. The molecule has 38 heavy (non-hydrogen) atoms. The van der Waals surface area contributed by atoms with E-state index in [2.05, 4.69) is 10.3 Å². The van der Waals surface area contributed by atoms with E-state index in [1.165, 1.54) is 17.9 Å². The molecule has 1 unspecified atom stereocenters. The molecule has 0 radical (unpaired) electrons. The Morgan fingerprint density at radius 2 is 1.89 bits per heavy atom. The number of nitrogens with one attached hydrogen (secondary N) is 1. The summed E-state index contributed by atoms with van der Waals surface area (Å²) in [7, 11) is 1.58. The number of fused-ring (bicyclic) bond motifs is 1. The topological polar surface area (TPSA) is 91.2 Å². The van der Waals surface area contributed by atoms with Gasteiger partial charge in [0.25, 0.3) is 5.91 Å². The van der Waals surface area contributed by atoms with Crippen molar-refractivity contribution in [3.8, 4) is 0 Å². The summed E-state index contributed by atoms with van der Waals surface area (Å²) in [6, 6.07) is 17.4. The molecule has 0 saturated carbocycles. The average molecular weight is 542 g/mol. The Kier molecular flexibility index (Phi) is 8.51. The SMILES string of the molecule is C[C@@H](C(=O)NC1N=C(c2ccccc2)c2cc(Cl)ccc2N(C)C1=O)[C@H](O)COCc1ccc(F)cc1F. The maximum absolute atomic E-state index is 13.8. The van der Waals surface area contributed by atoms with Gasteiger partial charge in [-0.3, -0.25) is 9.59 Å². The Labute approximate surface area is 223 Å². The summed E-state index contributed by atoms with van der Waals surface area (Å²) >= 11 is 6.25. The third-order valence-corrected chi connectivity index (χ3v) is 6.51. The lowest BCUT2D eigenvalue weighted by molar-refractivity contribution is -0.133. The number of rotatable bonds is 8. The summed E-state index contributed by atoms with van der Waals surface area (Å²) in [5, 5.41) is 13.6. The van der Waals surface area contributed by atoms with Crippen LogP contribution in [0.4, 0.5) is 14.5 Å². The van der Waals surface area contributed by atoms with Crippen molar-refractivity contribution in [3.05, 3.63) is 100 Å². The average Bonchev–Trinajstić information content (AvgIpc) is 3.00. The first-order chi connectivity index (χ1) is 18.2. The molecule has 0 fully saturated rings. The Balaban J connectivity index is 1.50. The van der Waals surface area contributed by atoms with Crippen LogP contribution in [0, 0.1) is 17.6 Å². The highest BCUT2D eigenvalue weighted by Crippen LogP contribution is 2.30. The zero-order chi connectivity index (χ0) is 27.4. The molecular weight excluding hydrogens is 516 g/mol. The first-order valence-corrected chi connectivity index (χ1v) is 12.2. The van der Waals surface area contributed by atoms with Gasteiger partial charge in [0.15, 0.2) is 0 Å². The molecule has 3 aromatic carbocycles. The molecule has 0 aromatic heterocycles. The number of nitrogens with zero attached hydrogens (tertiary/aromatic N) is 2. The maximum atomic E-state index is 13.8. The Morgan fingerprint density at radius 3 is 2.61 bits per heavy atom. The highest BCUT2D eigenvalue weighted by atomic mass is 35.5. The molecule has 1 heterocycles. The van der Waals surface area contributed by atoms with Crippen molar-refractivity contribution in [1.82, 2.24) is 5.32 Å². The monoisotopic (exact) mass is 541 g/mol. The number of aliphatic imine (C=N–C) groups is 1. The number of hydrogen-bond donors (Lipinski definition) is 2. The van der Waals surface area contributed by atoms with Crippen LogP contribution in [0.25, 0.3) is 0 Å². The number of carbonyl (C=O) groups is 2. The Hall–Kier alpha value is -3.66. The van der Waals surface area contributed by atoms with Crippen LogP contribution < -0.4 is 10.2 Å². The van der Waals surface area contributed by atoms with Crippen molar-refractivity contribution in [2.45, 2.75) is 25.8 Å². The van der Waals surface area contributed by atoms with Crippen molar-refractivity contribution in [2.75, 3.05) is 18.6 Å². The molecule has 3 aromatic rings. The van der Waals surface area contributed by atoms with E-state index in [-0.39, 0.29) is 18.8 Å². The van der Waals surface area contributed by atoms with Crippen LogP contribution in [0.3, 0.4) is 0 Å². The third-order valence-electron chi connectivity index (χ3n) is 6.28. The van der Waals surface area contributed by atoms with Crippen molar-refractivity contribution in [3.63, 3.8) is 0 Å². The van der Waals surface area contributed by atoms with E-state index in [1.54, 1.807) is 25.2 Å². The summed E-state index contributed by atoms with van der Waals surface area (Å²) in [4.78, 5) is 32.3. The predicted molar refractivity (Wildman–Crippen MR) is 140 cm³/mol. The van der Waals surface area contributed by atoms with Crippen LogP contribution in [0.5, 0.6) is 0 Å². The number of aliphatic hydroxyl groups is 1. The molecule has 198 valence electrons. The van der Waals surface area contributed by atoms with Gasteiger partial charge in [-0.25, -0.2) is 13.8 Å². The van der Waals surface area contributed by atoms with Gasteiger partial charge in [0.2, 0.25) is 12.1 Å². The van der Waals surface area contributed by atoms with E-state index in [1.807, 2.05) is 30.3 Å². The minimum Gasteiger partial charge on any atom is -0.390 e. The molecule has 0 spiro atoms. The van der Waals surface area contributed by atoms with Crippen LogP contribution in [-0.2, 0) is 20.9 Å². The van der Waals surface area contributed by atoms with E-state index in [9.17, 15) is 23.5 Å². The minimum atomic E-state index is -1.27. The highest BCUT2D eigenvalue weighted by Gasteiger charge is 2.33. The number of halogens is 3. The predicted octanol–water partition coefficient (Wildman–Crippen LogP) is 4.09. The number of amides is 2. The van der Waals surface area contributed by atoms with Crippen LogP contribution in [-0.4, -0.2) is 48.6 Å². The van der Waals surface area contributed by atoms with Crippen LogP contribution in [0.2, 0.25) is 5.02 Å². The van der Waals surface area contributed by atoms with Crippen molar-refractivity contribution < 1.29 is 28.2 Å². The summed E-state index contributed by atoms with van der Waals surface area (Å²) < 4.78 is 32.2. The molecule has 4 rings (SSSR count). The second-order valence-corrected chi connectivity index (χ2v) is 9.36. The second kappa shape index (κ2) is 11.8. The molecule has 7 nitrogen and oxygen atoms in total. The van der Waals surface area contributed by atoms with Gasteiger partial charge in [0, 0.05) is 34.8 Å². The summed E-state index contributed by atoms with van der Waals surface area (Å²) in [6.45, 7) is 0.977. The van der Waals surface area contributed by atoms with Crippen molar-refractivity contribution in [1.29, 1.82) is 0 Å². The van der Waals surface area contributed by atoms with Gasteiger partial charge in [-0.05, 0) is 24.3 Å². The van der Waals surface area contributed by atoms with Gasteiger partial charge in [-0.2, -0.15) is 0 Å². The number of benzene rings is 3. The minimum absolute atomic E-state index is 0.116. The van der Waals surface area contributed by atoms with Crippen LogP contribution >= 0.6 is 11.6 Å². The van der Waals surface area contributed by atoms with Gasteiger partial charge in [-0.1, -0.05) is 54.9 Å². The Bertz CT molecular complexity index is 1370. The molecule has 0 saturated heterocycles. The largest absolute Gasteiger partial charge is 0.390 e. The van der Waals surface area contributed by atoms with Gasteiger partial charge < -0.3 is 20.1 Å². The third kappa shape index (κ3) is 6.07. The number of ether oxygens (including phenoxy) is 1. The van der Waals surface area contributed by atoms with E-state index >= 15 is 0 Å². The standard InChI is InChI=1S/C28H26ClF2N3O4/c1-16(24(35)15-38-14-18-8-10-20(30)13-22(18)31)27(36)33-26-28(37)34(2)23-11-9-19(29)12-21(23)25(32-26)17-6-4-3-5-7-17/h3-13,16,24,26,35H,14-15H2,1-2H3,(H,33,36)/t16-,24-,26?/m1/s1. The number of benzodiazepines with no additional fused rings is 1. The number of anilines is 1. The zero-order valence-electron chi connectivity index (χ0n) is 20.7. The second-order valence-electron chi connectivity index (χ2n) is 8.92. The van der Waals surface area contributed by atoms with E-state index in [4.69, 9.17) is 16.3 Å². The quantitative estimate of drug-likeness (QED) is 0.449. The molecule has 2 N–H and O–H groups in total. The summed E-state index contributed by atoms with van der Waals surface area (Å²) in [6.07, 6.45) is -2.52. The van der Waals surface area contributed by atoms with Gasteiger partial charge in [-0.15, -0.1) is 0 Å². The molecule has 1 aliphatic rings. The fourth-order valence-corrected chi connectivity index (χ4v) is 4.15. The first kappa shape index (κ1) is 27.4. The fraction of sp³-hybridized carbons (Fsp3) is 0.250. The van der Waals surface area contributed by atoms with E-state index in [0.29, 0.717) is 22.0 Å². The summed E-state index contributed by atoms with van der Waals surface area (Å²) in [5.41, 5.74) is 2.53. The van der Waals surface area contributed by atoms with Gasteiger partial charge in [0.05, 0.1) is 36.6 Å². The fourth-order valence-electron chi connectivity index (χ4n) is 3.98. The number of aliphatic hydroxyl groups excluding tert-OH is 1. The van der Waals surface area contributed by atoms with Crippen LogP contribution in [0.15, 0.2) is 71.7 Å². The van der Waals surface area contributed by atoms with Gasteiger partial charge >= 0.3 is 0 Å². The van der Waals surface area contributed by atoms with E-state index in [0.717, 1.165) is 17.7 Å². The summed E-state index contributed by atoms with van der Waals surface area (Å²) in [5.74, 6) is -3.56. The smallest absolute Gasteiger partial charge is 0.272 e.